The number of hydrogen-bond acceptors (Lipinski definition) is 5. The molecule has 6 heteroatoms. The van der Waals surface area contributed by atoms with Gasteiger partial charge in [-0.2, -0.15) is 0 Å². The van der Waals surface area contributed by atoms with Crippen molar-refractivity contribution in [2.45, 2.75) is 334 Å². The van der Waals surface area contributed by atoms with E-state index in [9.17, 15) is 25.2 Å². The number of rotatable bonds is 53. The molecule has 1 amide bonds. The molecule has 5 N–H and O–H groups in total. The number of allylic oxidation sites excluding steroid dienone is 4. The Morgan fingerprint density at radius 2 is 0.656 bits per heavy atom. The Bertz CT molecular complexity index is 970. The predicted octanol–water partition coefficient (Wildman–Crippen LogP) is 16.6. The molecular weight excluding hydrogens is 791 g/mol. The van der Waals surface area contributed by atoms with Gasteiger partial charge in [-0.25, -0.2) is 0 Å². The lowest BCUT2D eigenvalue weighted by molar-refractivity contribution is -0.132. The third-order valence-corrected chi connectivity index (χ3v) is 13.6. The lowest BCUT2D eigenvalue weighted by atomic mass is 10.00. The van der Waals surface area contributed by atoms with Gasteiger partial charge in [0.25, 0.3) is 0 Å². The number of nitrogens with one attached hydrogen (secondary N) is 1. The van der Waals surface area contributed by atoms with E-state index in [1.807, 2.05) is 0 Å². The molecule has 0 aromatic heterocycles. The zero-order chi connectivity index (χ0) is 46.7. The fraction of sp³-hybridized carbons (Fsp3) is 0.914. The van der Waals surface area contributed by atoms with Crippen LogP contribution in [0.4, 0.5) is 0 Å². The van der Waals surface area contributed by atoms with Crippen molar-refractivity contribution in [1.82, 2.24) is 5.32 Å². The second-order valence-electron chi connectivity index (χ2n) is 20.0. The van der Waals surface area contributed by atoms with Crippen LogP contribution in [0.3, 0.4) is 0 Å². The second kappa shape index (κ2) is 52.8. The summed E-state index contributed by atoms with van der Waals surface area (Å²) in [5, 5.41) is 44.0. The van der Waals surface area contributed by atoms with E-state index in [1.54, 1.807) is 0 Å². The average molecular weight is 905 g/mol. The predicted molar refractivity (Wildman–Crippen MR) is 279 cm³/mol. The Morgan fingerprint density at radius 1 is 0.375 bits per heavy atom. The monoisotopic (exact) mass is 904 g/mol. The molecule has 4 unspecified atom stereocenters. The number of hydrogen-bond donors (Lipinski definition) is 5. The maximum atomic E-state index is 12.6. The van der Waals surface area contributed by atoms with Crippen molar-refractivity contribution in [3.8, 4) is 0 Å². The first-order chi connectivity index (χ1) is 31.5. The number of aliphatic hydroxyl groups excluding tert-OH is 4. The molecule has 0 saturated heterocycles. The highest BCUT2D eigenvalue weighted by Gasteiger charge is 2.28. The normalized spacial score (nSPS) is 13.9. The van der Waals surface area contributed by atoms with E-state index in [0.29, 0.717) is 19.3 Å². The summed E-state index contributed by atoms with van der Waals surface area (Å²) in [4.78, 5) is 12.6. The standard InChI is InChI=1S/C58H113NO5/c1-3-5-7-9-11-13-15-17-19-21-23-25-26-27-28-29-30-32-34-36-38-40-42-44-46-48-50-52-56(62)58(64)59-54(53-60)57(63)55(61)51-49-47-45-43-41-39-37-35-33-31-24-22-20-18-16-14-12-10-8-6-4-2/h35,37,43,45,54-57,60-63H,3-34,36,38-42,44,46-53H2,1-2H3,(H,59,64)/b37-35+,45-43+. The summed E-state index contributed by atoms with van der Waals surface area (Å²) in [6.07, 6.45) is 64.0. The molecule has 0 rings (SSSR count). The summed E-state index contributed by atoms with van der Waals surface area (Å²) in [6.45, 7) is 4.08. The SMILES string of the molecule is CCCCCCCCCCCCCC/C=C/CC/C=C/CCCC(O)C(O)C(CO)NC(=O)C(O)CCCCCCCCCCCCCCCCCCCCCCCCCCCCC. The van der Waals surface area contributed by atoms with Crippen molar-refractivity contribution in [3.63, 3.8) is 0 Å². The van der Waals surface area contributed by atoms with Crippen LogP contribution in [0.1, 0.15) is 309 Å². The molecular formula is C58H113NO5. The van der Waals surface area contributed by atoms with Gasteiger partial charge in [-0.3, -0.25) is 4.79 Å². The molecule has 0 bridgehead atoms. The molecule has 4 atom stereocenters. The van der Waals surface area contributed by atoms with Crippen LogP contribution in [-0.2, 0) is 4.79 Å². The second-order valence-corrected chi connectivity index (χ2v) is 20.0. The highest BCUT2D eigenvalue weighted by Crippen LogP contribution is 2.18. The third-order valence-electron chi connectivity index (χ3n) is 13.6. The van der Waals surface area contributed by atoms with E-state index in [1.165, 1.54) is 238 Å². The number of unbranched alkanes of at least 4 members (excludes halogenated alkanes) is 40. The molecule has 64 heavy (non-hydrogen) atoms. The molecule has 0 radical (unpaired) electrons. The van der Waals surface area contributed by atoms with Gasteiger partial charge in [0, 0.05) is 0 Å². The van der Waals surface area contributed by atoms with Crippen LogP contribution in [0.25, 0.3) is 0 Å². The van der Waals surface area contributed by atoms with Crippen molar-refractivity contribution in [2.24, 2.45) is 0 Å². The van der Waals surface area contributed by atoms with Crippen molar-refractivity contribution in [3.05, 3.63) is 24.3 Å². The fourth-order valence-corrected chi connectivity index (χ4v) is 9.13. The summed E-state index contributed by atoms with van der Waals surface area (Å²) in [5.41, 5.74) is 0. The van der Waals surface area contributed by atoms with Crippen LogP contribution >= 0.6 is 0 Å². The van der Waals surface area contributed by atoms with Crippen molar-refractivity contribution < 1.29 is 25.2 Å². The van der Waals surface area contributed by atoms with Crippen molar-refractivity contribution in [1.29, 1.82) is 0 Å². The van der Waals surface area contributed by atoms with E-state index in [0.717, 1.165) is 38.5 Å². The Morgan fingerprint density at radius 3 is 0.984 bits per heavy atom. The molecule has 0 fully saturated rings. The number of amides is 1. The average Bonchev–Trinajstić information content (AvgIpc) is 3.30. The summed E-state index contributed by atoms with van der Waals surface area (Å²) >= 11 is 0. The summed E-state index contributed by atoms with van der Waals surface area (Å²) < 4.78 is 0. The van der Waals surface area contributed by atoms with Gasteiger partial charge in [-0.05, 0) is 51.4 Å². The van der Waals surface area contributed by atoms with E-state index in [4.69, 9.17) is 0 Å². The van der Waals surface area contributed by atoms with E-state index < -0.39 is 36.9 Å². The minimum Gasteiger partial charge on any atom is -0.394 e. The summed E-state index contributed by atoms with van der Waals surface area (Å²) in [7, 11) is 0. The highest BCUT2D eigenvalue weighted by atomic mass is 16.3. The first kappa shape index (κ1) is 62.8. The van der Waals surface area contributed by atoms with Gasteiger partial charge in [0.2, 0.25) is 5.91 Å². The first-order valence-electron chi connectivity index (χ1n) is 28.7. The Hall–Kier alpha value is -1.21. The van der Waals surface area contributed by atoms with Crippen molar-refractivity contribution in [2.75, 3.05) is 6.61 Å². The summed E-state index contributed by atoms with van der Waals surface area (Å²) in [5.74, 6) is -0.592. The molecule has 6 nitrogen and oxygen atoms in total. The number of carbonyl (C=O) groups is 1. The first-order valence-corrected chi connectivity index (χ1v) is 28.7. The smallest absolute Gasteiger partial charge is 0.249 e. The zero-order valence-electron chi connectivity index (χ0n) is 43.0. The maximum Gasteiger partial charge on any atom is 0.249 e. The van der Waals surface area contributed by atoms with Crippen molar-refractivity contribution >= 4 is 5.91 Å². The van der Waals surface area contributed by atoms with Crippen LogP contribution < -0.4 is 5.32 Å². The molecule has 0 aliphatic heterocycles. The highest BCUT2D eigenvalue weighted by molar-refractivity contribution is 5.80. The van der Waals surface area contributed by atoms with Gasteiger partial charge in [0.15, 0.2) is 0 Å². The molecule has 0 spiro atoms. The third kappa shape index (κ3) is 45.9. The Kier molecular flexibility index (Phi) is 51.8. The largest absolute Gasteiger partial charge is 0.394 e. The quantitative estimate of drug-likeness (QED) is 0.0308. The topological polar surface area (TPSA) is 110 Å². The van der Waals surface area contributed by atoms with Crippen LogP contribution in [0.2, 0.25) is 0 Å². The van der Waals surface area contributed by atoms with Crippen LogP contribution in [0.5, 0.6) is 0 Å². The van der Waals surface area contributed by atoms with Gasteiger partial charge in [-0.15, -0.1) is 0 Å². The van der Waals surface area contributed by atoms with Crippen LogP contribution in [-0.4, -0.2) is 57.3 Å². The lowest BCUT2D eigenvalue weighted by Gasteiger charge is -2.27. The Balaban J connectivity index is 3.64. The molecule has 0 saturated carbocycles. The van der Waals surface area contributed by atoms with Crippen LogP contribution in [0.15, 0.2) is 24.3 Å². The minimum atomic E-state index is -1.29. The Labute approximate surface area is 399 Å². The molecule has 380 valence electrons. The molecule has 0 aromatic rings. The van der Waals surface area contributed by atoms with Gasteiger partial charge >= 0.3 is 0 Å². The van der Waals surface area contributed by atoms with Gasteiger partial charge in [-0.1, -0.05) is 282 Å². The molecule has 0 aliphatic carbocycles. The zero-order valence-corrected chi connectivity index (χ0v) is 43.0. The number of aliphatic hydroxyl groups is 4. The lowest BCUT2D eigenvalue weighted by Crippen LogP contribution is -2.53. The fourth-order valence-electron chi connectivity index (χ4n) is 9.13. The number of carbonyl (C=O) groups excluding carboxylic acids is 1. The van der Waals surface area contributed by atoms with Gasteiger partial charge < -0.3 is 25.7 Å². The van der Waals surface area contributed by atoms with Gasteiger partial charge in [0.1, 0.15) is 12.2 Å². The summed E-state index contributed by atoms with van der Waals surface area (Å²) in [6, 6.07) is -1.01. The van der Waals surface area contributed by atoms with E-state index in [-0.39, 0.29) is 0 Å². The van der Waals surface area contributed by atoms with Crippen LogP contribution in [0, 0.1) is 0 Å². The van der Waals surface area contributed by atoms with Gasteiger partial charge in [0.05, 0.1) is 18.8 Å². The minimum absolute atomic E-state index is 0.365. The van der Waals surface area contributed by atoms with E-state index >= 15 is 0 Å². The molecule has 0 heterocycles. The van der Waals surface area contributed by atoms with E-state index in [2.05, 4.69) is 43.5 Å². The maximum absolute atomic E-state index is 12.6. The molecule has 0 aliphatic rings. The molecule has 0 aromatic carbocycles.